The van der Waals surface area contributed by atoms with E-state index in [1.807, 2.05) is 0 Å². The van der Waals surface area contributed by atoms with Crippen molar-refractivity contribution in [3.05, 3.63) is 0 Å². The molecule has 0 saturated carbocycles. The second-order valence-electron chi connectivity index (χ2n) is 4.92. The normalized spacial score (nSPS) is 12.5. The molecule has 0 aromatic heterocycles. The van der Waals surface area contributed by atoms with Crippen molar-refractivity contribution in [2.75, 3.05) is 0 Å². The molecule has 0 amide bonds. The Morgan fingerprint density at radius 1 is 0.692 bits per heavy atom. The van der Waals surface area contributed by atoms with E-state index in [1.54, 1.807) is 0 Å². The van der Waals surface area contributed by atoms with E-state index >= 15 is 0 Å². The molecule has 0 rings (SSSR count). The quantitative estimate of drug-likeness (QED) is 0.449. The second-order valence-corrected chi connectivity index (χ2v) is 14.4. The second kappa shape index (κ2) is 6.70. The summed E-state index contributed by atoms with van der Waals surface area (Å²) in [5.41, 5.74) is 0. The Kier molecular flexibility index (Phi) is 8.60. The number of hydrogen-bond donors (Lipinski definition) is 2. The van der Waals surface area contributed by atoms with Gasteiger partial charge in [0.05, 0.1) is 0 Å². The molecule has 73 valence electrons. The standard InChI is InChI=1S/C6H20N4Si2.K/c1-11(2,3)9-7-8-10-12(4,5)6;/h1-6H3,(H,8,9)(H,7,10);. The molecular formula is C6H20KN4Si2. The molecule has 0 bridgehead atoms. The first kappa shape index (κ1) is 16.7. The minimum atomic E-state index is -1.29. The molecule has 0 fully saturated rings. The molecule has 13 heavy (non-hydrogen) atoms. The molecule has 7 heteroatoms. The van der Waals surface area contributed by atoms with E-state index in [1.165, 1.54) is 0 Å². The Labute approximate surface area is 126 Å². The predicted molar refractivity (Wildman–Crippen MR) is 63.6 cm³/mol. The molecule has 0 unspecified atom stereocenters. The van der Waals surface area contributed by atoms with E-state index in [9.17, 15) is 0 Å². The molecule has 4 nitrogen and oxygen atoms in total. The smallest absolute Gasteiger partial charge is 0.167 e. The van der Waals surface area contributed by atoms with Crippen LogP contribution in [0.25, 0.3) is 0 Å². The molecule has 0 saturated heterocycles. The molecule has 0 aliphatic heterocycles. The largest absolute Gasteiger partial charge is 0.318 e. The van der Waals surface area contributed by atoms with Gasteiger partial charge in [-0.15, -0.1) is 0 Å². The van der Waals surface area contributed by atoms with Crippen molar-refractivity contribution in [1.82, 2.24) is 10.2 Å². The van der Waals surface area contributed by atoms with Gasteiger partial charge in [0.2, 0.25) is 0 Å². The van der Waals surface area contributed by atoms with Crippen molar-refractivity contribution < 1.29 is 0 Å². The van der Waals surface area contributed by atoms with E-state index in [0.29, 0.717) is 0 Å². The van der Waals surface area contributed by atoms with Crippen LogP contribution in [-0.4, -0.2) is 67.9 Å². The zero-order chi connectivity index (χ0) is 9.83. The fourth-order valence-corrected chi connectivity index (χ4v) is 1.05. The summed E-state index contributed by atoms with van der Waals surface area (Å²) >= 11 is 0. The maximum atomic E-state index is 3.89. The van der Waals surface area contributed by atoms with Crippen LogP contribution in [0.1, 0.15) is 0 Å². The molecule has 0 aliphatic rings. The zero-order valence-electron chi connectivity index (χ0n) is 9.89. The topological polar surface area (TPSA) is 48.8 Å². The van der Waals surface area contributed by atoms with Crippen molar-refractivity contribution in [3.8, 4) is 0 Å². The average Bonchev–Trinajstić information content (AvgIpc) is 1.76. The third kappa shape index (κ3) is 16.0. The first-order valence-electron chi connectivity index (χ1n) is 4.15. The van der Waals surface area contributed by atoms with Gasteiger partial charge < -0.3 is 10.2 Å². The van der Waals surface area contributed by atoms with Gasteiger partial charge in [-0.05, 0) is 0 Å². The number of rotatable bonds is 4. The summed E-state index contributed by atoms with van der Waals surface area (Å²) in [6.45, 7) is 13.1. The van der Waals surface area contributed by atoms with Gasteiger partial charge in [0.1, 0.15) is 0 Å². The first-order chi connectivity index (χ1) is 5.21. The van der Waals surface area contributed by atoms with Crippen LogP contribution in [0.2, 0.25) is 39.3 Å². The molecule has 0 aromatic rings. The van der Waals surface area contributed by atoms with E-state index in [4.69, 9.17) is 0 Å². The van der Waals surface area contributed by atoms with Gasteiger partial charge in [0.15, 0.2) is 16.5 Å². The van der Waals surface area contributed by atoms with Gasteiger partial charge in [0.25, 0.3) is 0 Å². The maximum Gasteiger partial charge on any atom is 0.167 e. The van der Waals surface area contributed by atoms with Crippen molar-refractivity contribution in [2.24, 2.45) is 10.4 Å². The Morgan fingerprint density at radius 2 is 0.923 bits per heavy atom. The predicted octanol–water partition coefficient (Wildman–Crippen LogP) is 1.74. The van der Waals surface area contributed by atoms with E-state index < -0.39 is 16.5 Å². The molecule has 0 heterocycles. The number of nitrogens with zero attached hydrogens (tertiary/aromatic N) is 2. The minimum absolute atomic E-state index is 0. The zero-order valence-corrected chi connectivity index (χ0v) is 15.0. The molecular weight excluding hydrogens is 223 g/mol. The summed E-state index contributed by atoms with van der Waals surface area (Å²) in [6.07, 6.45) is 0. The summed E-state index contributed by atoms with van der Waals surface area (Å²) < 4.78 is 0. The molecule has 0 atom stereocenters. The molecule has 0 aromatic carbocycles. The monoisotopic (exact) mass is 243 g/mol. The van der Waals surface area contributed by atoms with Crippen LogP contribution in [0, 0.1) is 0 Å². The number of hydrogen-bond acceptors (Lipinski definition) is 2. The van der Waals surface area contributed by atoms with Crippen LogP contribution >= 0.6 is 0 Å². The summed E-state index contributed by atoms with van der Waals surface area (Å²) in [5.74, 6) is 0. The van der Waals surface area contributed by atoms with Gasteiger partial charge in [0, 0.05) is 51.4 Å². The van der Waals surface area contributed by atoms with E-state index in [2.05, 4.69) is 59.9 Å². The molecule has 0 spiro atoms. The van der Waals surface area contributed by atoms with Crippen LogP contribution in [0.4, 0.5) is 0 Å². The maximum absolute atomic E-state index is 3.89. The van der Waals surface area contributed by atoms with Gasteiger partial charge >= 0.3 is 0 Å². The molecule has 0 aliphatic carbocycles. The summed E-state index contributed by atoms with van der Waals surface area (Å²) in [5, 5.41) is 13.9. The Hall–Kier alpha value is 1.27. The van der Waals surface area contributed by atoms with Gasteiger partial charge in [-0.1, -0.05) is 49.7 Å². The molecule has 1 radical (unpaired) electrons. The van der Waals surface area contributed by atoms with Crippen LogP contribution in [-0.2, 0) is 0 Å². The van der Waals surface area contributed by atoms with Crippen LogP contribution in [0.15, 0.2) is 10.4 Å². The third-order valence-corrected chi connectivity index (χ3v) is 2.36. The van der Waals surface area contributed by atoms with Gasteiger partial charge in [-0.3, -0.25) is 0 Å². The van der Waals surface area contributed by atoms with E-state index in [-0.39, 0.29) is 51.4 Å². The Bertz CT molecular complexity index is 143. The number of nitrogens with one attached hydrogen (secondary N) is 2. The Morgan fingerprint density at radius 3 is 1.08 bits per heavy atom. The average molecular weight is 244 g/mol. The van der Waals surface area contributed by atoms with Crippen molar-refractivity contribution in [1.29, 1.82) is 0 Å². The summed E-state index contributed by atoms with van der Waals surface area (Å²) in [6, 6.07) is 0. The van der Waals surface area contributed by atoms with Gasteiger partial charge in [-0.2, -0.15) is 0 Å². The van der Waals surface area contributed by atoms with Crippen molar-refractivity contribution >= 4 is 67.9 Å². The summed E-state index contributed by atoms with van der Waals surface area (Å²) in [7, 11) is -2.58. The van der Waals surface area contributed by atoms with Crippen LogP contribution < -0.4 is 10.2 Å². The fraction of sp³-hybridized carbons (Fsp3) is 1.00. The SMILES string of the molecule is C[Si](C)(C)NN=NN[Si](C)(C)C.[K]. The Balaban J connectivity index is 0. The van der Waals surface area contributed by atoms with Gasteiger partial charge in [-0.25, -0.2) is 0 Å². The summed E-state index contributed by atoms with van der Waals surface area (Å²) in [4.78, 5) is 0. The van der Waals surface area contributed by atoms with Crippen molar-refractivity contribution in [3.63, 3.8) is 0 Å². The first-order valence-corrected chi connectivity index (χ1v) is 11.1. The fourth-order valence-electron chi connectivity index (χ4n) is 0.350. The third-order valence-electron chi connectivity index (χ3n) is 0.821. The van der Waals surface area contributed by atoms with E-state index in [0.717, 1.165) is 0 Å². The molecule has 2 N–H and O–H groups in total. The van der Waals surface area contributed by atoms with Crippen LogP contribution in [0.3, 0.4) is 0 Å². The van der Waals surface area contributed by atoms with Crippen LogP contribution in [0.5, 0.6) is 0 Å². The minimum Gasteiger partial charge on any atom is -0.318 e. The van der Waals surface area contributed by atoms with Crippen molar-refractivity contribution in [2.45, 2.75) is 39.3 Å².